The summed E-state index contributed by atoms with van der Waals surface area (Å²) in [6, 6.07) is 0. The SMILES string of the molecule is CCCNC(=O)CCNCC(C)CO. The van der Waals surface area contributed by atoms with Crippen LogP contribution >= 0.6 is 0 Å². The molecular formula is C10H22N2O2. The van der Waals surface area contributed by atoms with Crippen molar-refractivity contribution in [2.75, 3.05) is 26.2 Å². The highest BCUT2D eigenvalue weighted by Crippen LogP contribution is 1.88. The van der Waals surface area contributed by atoms with E-state index in [2.05, 4.69) is 10.6 Å². The van der Waals surface area contributed by atoms with Crippen molar-refractivity contribution in [3.8, 4) is 0 Å². The molecule has 3 N–H and O–H groups in total. The van der Waals surface area contributed by atoms with Crippen molar-refractivity contribution in [2.24, 2.45) is 5.92 Å². The highest BCUT2D eigenvalue weighted by Gasteiger charge is 2.01. The van der Waals surface area contributed by atoms with Crippen molar-refractivity contribution in [1.29, 1.82) is 0 Å². The van der Waals surface area contributed by atoms with Crippen LogP contribution in [0.4, 0.5) is 0 Å². The molecule has 0 rings (SSSR count). The fourth-order valence-electron chi connectivity index (χ4n) is 0.968. The zero-order valence-corrected chi connectivity index (χ0v) is 9.18. The molecule has 0 radical (unpaired) electrons. The van der Waals surface area contributed by atoms with E-state index in [1.807, 2.05) is 13.8 Å². The van der Waals surface area contributed by atoms with Gasteiger partial charge in [0.1, 0.15) is 0 Å². The second-order valence-corrected chi connectivity index (χ2v) is 3.59. The molecule has 84 valence electrons. The van der Waals surface area contributed by atoms with Crippen molar-refractivity contribution >= 4 is 5.91 Å². The third kappa shape index (κ3) is 8.01. The minimum absolute atomic E-state index is 0.0935. The van der Waals surface area contributed by atoms with E-state index < -0.39 is 0 Å². The van der Waals surface area contributed by atoms with Gasteiger partial charge in [0, 0.05) is 26.1 Å². The molecule has 0 heterocycles. The maximum atomic E-state index is 11.1. The van der Waals surface area contributed by atoms with Gasteiger partial charge >= 0.3 is 0 Å². The predicted molar refractivity (Wildman–Crippen MR) is 57.0 cm³/mol. The number of carbonyl (C=O) groups excluding carboxylic acids is 1. The minimum Gasteiger partial charge on any atom is -0.396 e. The summed E-state index contributed by atoms with van der Waals surface area (Å²) in [5.41, 5.74) is 0. The second-order valence-electron chi connectivity index (χ2n) is 3.59. The van der Waals surface area contributed by atoms with Crippen molar-refractivity contribution in [2.45, 2.75) is 26.7 Å². The van der Waals surface area contributed by atoms with Crippen molar-refractivity contribution in [3.05, 3.63) is 0 Å². The summed E-state index contributed by atoms with van der Waals surface area (Å²) < 4.78 is 0. The van der Waals surface area contributed by atoms with E-state index in [-0.39, 0.29) is 18.4 Å². The Hall–Kier alpha value is -0.610. The quantitative estimate of drug-likeness (QED) is 0.490. The predicted octanol–water partition coefficient (Wildman–Crippen LogP) is 0.121. The number of aliphatic hydroxyl groups excluding tert-OH is 1. The Kier molecular flexibility index (Phi) is 8.57. The number of aliphatic hydroxyl groups is 1. The van der Waals surface area contributed by atoms with Gasteiger partial charge in [-0.3, -0.25) is 4.79 Å². The van der Waals surface area contributed by atoms with Gasteiger partial charge in [-0.2, -0.15) is 0 Å². The van der Waals surface area contributed by atoms with Crippen molar-refractivity contribution in [1.82, 2.24) is 10.6 Å². The lowest BCUT2D eigenvalue weighted by molar-refractivity contribution is -0.120. The molecule has 4 heteroatoms. The van der Waals surface area contributed by atoms with Gasteiger partial charge in [-0.25, -0.2) is 0 Å². The zero-order chi connectivity index (χ0) is 10.8. The Morgan fingerprint density at radius 2 is 2.14 bits per heavy atom. The Morgan fingerprint density at radius 1 is 1.43 bits per heavy atom. The van der Waals surface area contributed by atoms with Gasteiger partial charge in [0.15, 0.2) is 0 Å². The van der Waals surface area contributed by atoms with E-state index in [9.17, 15) is 4.79 Å². The summed E-state index contributed by atoms with van der Waals surface area (Å²) in [6.45, 7) is 6.38. The monoisotopic (exact) mass is 202 g/mol. The Balaban J connectivity index is 3.22. The third-order valence-corrected chi connectivity index (χ3v) is 1.91. The van der Waals surface area contributed by atoms with Gasteiger partial charge in [-0.1, -0.05) is 13.8 Å². The largest absolute Gasteiger partial charge is 0.396 e. The molecule has 0 saturated carbocycles. The lowest BCUT2D eigenvalue weighted by Crippen LogP contribution is -2.30. The first-order valence-corrected chi connectivity index (χ1v) is 5.29. The fourth-order valence-corrected chi connectivity index (χ4v) is 0.968. The molecule has 1 atom stereocenters. The normalized spacial score (nSPS) is 12.5. The average molecular weight is 202 g/mol. The van der Waals surface area contributed by atoms with Crippen molar-refractivity contribution in [3.63, 3.8) is 0 Å². The molecule has 14 heavy (non-hydrogen) atoms. The summed E-state index contributed by atoms with van der Waals surface area (Å²) in [4.78, 5) is 11.1. The number of amides is 1. The second kappa shape index (κ2) is 8.97. The topological polar surface area (TPSA) is 61.4 Å². The van der Waals surface area contributed by atoms with E-state index in [0.29, 0.717) is 13.0 Å². The third-order valence-electron chi connectivity index (χ3n) is 1.91. The smallest absolute Gasteiger partial charge is 0.221 e. The molecule has 1 amide bonds. The number of hydrogen-bond acceptors (Lipinski definition) is 3. The summed E-state index contributed by atoms with van der Waals surface area (Å²) in [5.74, 6) is 0.352. The Bertz CT molecular complexity index is 151. The molecule has 0 saturated heterocycles. The first-order chi connectivity index (χ1) is 6.70. The van der Waals surface area contributed by atoms with Gasteiger partial charge < -0.3 is 15.7 Å². The molecular weight excluding hydrogens is 180 g/mol. The lowest BCUT2D eigenvalue weighted by Gasteiger charge is -2.09. The summed E-state index contributed by atoms with van der Waals surface area (Å²) >= 11 is 0. The Labute approximate surface area is 86.1 Å². The van der Waals surface area contributed by atoms with E-state index in [4.69, 9.17) is 5.11 Å². The van der Waals surface area contributed by atoms with Gasteiger partial charge in [0.05, 0.1) is 0 Å². The fraction of sp³-hybridized carbons (Fsp3) is 0.900. The van der Waals surface area contributed by atoms with Crippen LogP contribution in [0.25, 0.3) is 0 Å². The maximum Gasteiger partial charge on any atom is 0.221 e. The molecule has 0 spiro atoms. The molecule has 0 aromatic rings. The van der Waals surface area contributed by atoms with Crippen LogP contribution in [-0.4, -0.2) is 37.3 Å². The van der Waals surface area contributed by atoms with Crippen LogP contribution in [-0.2, 0) is 4.79 Å². The molecule has 0 aliphatic carbocycles. The summed E-state index contributed by atoms with van der Waals surface area (Å²) in [6.07, 6.45) is 1.48. The molecule has 1 unspecified atom stereocenters. The van der Waals surface area contributed by atoms with Crippen LogP contribution in [0.3, 0.4) is 0 Å². The van der Waals surface area contributed by atoms with Crippen LogP contribution in [0.1, 0.15) is 26.7 Å². The van der Waals surface area contributed by atoms with E-state index >= 15 is 0 Å². The van der Waals surface area contributed by atoms with Crippen molar-refractivity contribution < 1.29 is 9.90 Å². The molecule has 4 nitrogen and oxygen atoms in total. The van der Waals surface area contributed by atoms with Crippen LogP contribution < -0.4 is 10.6 Å². The highest BCUT2D eigenvalue weighted by molar-refractivity contribution is 5.75. The van der Waals surface area contributed by atoms with Crippen LogP contribution in [0.2, 0.25) is 0 Å². The first kappa shape index (κ1) is 13.4. The van der Waals surface area contributed by atoms with Crippen LogP contribution in [0, 0.1) is 5.92 Å². The van der Waals surface area contributed by atoms with Gasteiger partial charge in [0.2, 0.25) is 5.91 Å². The Morgan fingerprint density at radius 3 is 2.71 bits per heavy atom. The van der Waals surface area contributed by atoms with Crippen LogP contribution in [0.5, 0.6) is 0 Å². The standard InChI is InChI=1S/C10H22N2O2/c1-3-5-12-10(14)4-6-11-7-9(2)8-13/h9,11,13H,3-8H2,1-2H3,(H,12,14). The number of hydrogen-bond donors (Lipinski definition) is 3. The zero-order valence-electron chi connectivity index (χ0n) is 9.18. The molecule has 0 bridgehead atoms. The number of rotatable bonds is 8. The average Bonchev–Trinajstić information content (AvgIpc) is 2.21. The summed E-state index contributed by atoms with van der Waals surface area (Å²) in [5, 5.41) is 14.7. The van der Waals surface area contributed by atoms with Gasteiger partial charge in [0.25, 0.3) is 0 Å². The number of carbonyl (C=O) groups is 1. The molecule has 0 aliphatic heterocycles. The molecule has 0 fully saturated rings. The molecule has 0 aliphatic rings. The summed E-state index contributed by atoms with van der Waals surface area (Å²) in [7, 11) is 0. The highest BCUT2D eigenvalue weighted by atomic mass is 16.3. The maximum absolute atomic E-state index is 11.1. The lowest BCUT2D eigenvalue weighted by atomic mass is 10.2. The van der Waals surface area contributed by atoms with E-state index in [1.165, 1.54) is 0 Å². The first-order valence-electron chi connectivity index (χ1n) is 5.29. The van der Waals surface area contributed by atoms with Gasteiger partial charge in [-0.15, -0.1) is 0 Å². The van der Waals surface area contributed by atoms with Gasteiger partial charge in [-0.05, 0) is 18.9 Å². The van der Waals surface area contributed by atoms with E-state index in [1.54, 1.807) is 0 Å². The molecule has 0 aromatic carbocycles. The molecule has 0 aromatic heterocycles. The van der Waals surface area contributed by atoms with Crippen LogP contribution in [0.15, 0.2) is 0 Å². The van der Waals surface area contributed by atoms with E-state index in [0.717, 1.165) is 19.5 Å². The number of nitrogens with one attached hydrogen (secondary N) is 2. The minimum atomic E-state index is 0.0935.